The van der Waals surface area contributed by atoms with Gasteiger partial charge in [-0.25, -0.2) is 4.98 Å². The molecule has 6 heteroatoms. The van der Waals surface area contributed by atoms with Crippen molar-refractivity contribution in [1.82, 2.24) is 10.3 Å². The molecule has 1 aromatic heterocycles. The van der Waals surface area contributed by atoms with Gasteiger partial charge < -0.3 is 10.4 Å². The molecule has 1 amide bonds. The molecule has 1 aromatic carbocycles. The summed E-state index contributed by atoms with van der Waals surface area (Å²) < 4.78 is 2.18. The Morgan fingerprint density at radius 2 is 2.29 bits per heavy atom. The summed E-state index contributed by atoms with van der Waals surface area (Å²) in [7, 11) is 0. The second kappa shape index (κ2) is 8.36. The number of thiazole rings is 1. The van der Waals surface area contributed by atoms with E-state index < -0.39 is 0 Å². The molecule has 0 radical (unpaired) electrons. The van der Waals surface area contributed by atoms with Crippen LogP contribution >= 0.6 is 23.1 Å². The number of carbonyl (C=O) groups excluding carboxylic acids is 1. The van der Waals surface area contributed by atoms with Crippen LogP contribution in [0.25, 0.3) is 10.2 Å². The topological polar surface area (TPSA) is 62.2 Å². The molecule has 0 aliphatic heterocycles. The van der Waals surface area contributed by atoms with Gasteiger partial charge in [-0.1, -0.05) is 30.8 Å². The minimum absolute atomic E-state index is 0.0342. The first-order chi connectivity index (χ1) is 10.2. The molecule has 0 aliphatic carbocycles. The lowest BCUT2D eigenvalue weighted by Crippen LogP contribution is -2.27. The summed E-state index contributed by atoms with van der Waals surface area (Å²) in [6, 6.07) is 8.05. The van der Waals surface area contributed by atoms with Crippen molar-refractivity contribution in [1.29, 1.82) is 0 Å². The number of hydrogen-bond acceptors (Lipinski definition) is 5. The van der Waals surface area contributed by atoms with Crippen LogP contribution in [0.5, 0.6) is 0 Å². The van der Waals surface area contributed by atoms with Gasteiger partial charge in [0.25, 0.3) is 0 Å². The summed E-state index contributed by atoms with van der Waals surface area (Å²) in [5.41, 5.74) is 1.02. The van der Waals surface area contributed by atoms with E-state index in [9.17, 15) is 9.90 Å². The van der Waals surface area contributed by atoms with Gasteiger partial charge in [0, 0.05) is 18.7 Å². The molecule has 1 heterocycles. The summed E-state index contributed by atoms with van der Waals surface area (Å²) in [6.45, 7) is 2.47. The van der Waals surface area contributed by atoms with E-state index in [2.05, 4.69) is 16.4 Å². The molecule has 2 rings (SSSR count). The molecule has 21 heavy (non-hydrogen) atoms. The third kappa shape index (κ3) is 5.30. The van der Waals surface area contributed by atoms with Gasteiger partial charge in [-0.3, -0.25) is 4.79 Å². The highest BCUT2D eigenvalue weighted by Crippen LogP contribution is 2.29. The van der Waals surface area contributed by atoms with Crippen LogP contribution in [0.3, 0.4) is 0 Å². The lowest BCUT2D eigenvalue weighted by Gasteiger charge is -2.08. The number of thioether (sulfide) groups is 1. The maximum Gasteiger partial charge on any atom is 0.220 e. The van der Waals surface area contributed by atoms with Crippen LogP contribution in [0.15, 0.2) is 28.6 Å². The first-order valence-electron chi connectivity index (χ1n) is 7.12. The van der Waals surface area contributed by atoms with Crippen molar-refractivity contribution < 1.29 is 9.90 Å². The Kier molecular flexibility index (Phi) is 6.48. The van der Waals surface area contributed by atoms with Gasteiger partial charge in [0.15, 0.2) is 4.34 Å². The number of nitrogens with zero attached hydrogens (tertiary/aromatic N) is 1. The number of fused-ring (bicyclic) bond motifs is 1. The predicted molar refractivity (Wildman–Crippen MR) is 88.9 cm³/mol. The average Bonchev–Trinajstić information content (AvgIpc) is 2.89. The second-order valence-electron chi connectivity index (χ2n) is 4.75. The summed E-state index contributed by atoms with van der Waals surface area (Å²) in [5.74, 6) is 0.758. The smallest absolute Gasteiger partial charge is 0.220 e. The molecular formula is C15H20N2O2S2. The highest BCUT2D eigenvalue weighted by molar-refractivity contribution is 8.01. The first kappa shape index (κ1) is 16.3. The summed E-state index contributed by atoms with van der Waals surface area (Å²) in [5, 5.41) is 12.2. The van der Waals surface area contributed by atoms with Crippen molar-refractivity contribution in [2.24, 2.45) is 0 Å². The maximum absolute atomic E-state index is 11.7. The standard InChI is InChI=1S/C15H20N2O2S2/c1-2-11(18)7-9-16-14(19)8-10-20-15-17-12-5-3-4-6-13(12)21-15/h3-6,11,18H,2,7-10H2,1H3,(H,16,19). The van der Waals surface area contributed by atoms with Gasteiger partial charge in [0.1, 0.15) is 0 Å². The van der Waals surface area contributed by atoms with E-state index in [4.69, 9.17) is 0 Å². The Morgan fingerprint density at radius 3 is 3.05 bits per heavy atom. The summed E-state index contributed by atoms with van der Waals surface area (Å²) in [4.78, 5) is 16.2. The molecule has 0 fully saturated rings. The number of rotatable bonds is 8. The molecule has 0 saturated carbocycles. The van der Waals surface area contributed by atoms with Crippen LogP contribution in [0.1, 0.15) is 26.2 Å². The molecule has 1 atom stereocenters. The van der Waals surface area contributed by atoms with E-state index in [0.717, 1.165) is 22.0 Å². The fourth-order valence-corrected chi connectivity index (χ4v) is 3.89. The largest absolute Gasteiger partial charge is 0.393 e. The Bertz CT molecular complexity index is 553. The lowest BCUT2D eigenvalue weighted by atomic mass is 10.2. The van der Waals surface area contributed by atoms with Crippen molar-refractivity contribution in [2.45, 2.75) is 36.6 Å². The average molecular weight is 324 g/mol. The monoisotopic (exact) mass is 324 g/mol. The Balaban J connectivity index is 1.68. The number of amides is 1. The number of aliphatic hydroxyl groups excluding tert-OH is 1. The number of aliphatic hydroxyl groups is 1. The van der Waals surface area contributed by atoms with E-state index >= 15 is 0 Å². The summed E-state index contributed by atoms with van der Waals surface area (Å²) >= 11 is 3.28. The van der Waals surface area contributed by atoms with E-state index in [0.29, 0.717) is 19.4 Å². The number of nitrogens with one attached hydrogen (secondary N) is 1. The van der Waals surface area contributed by atoms with Gasteiger partial charge in [0.2, 0.25) is 5.91 Å². The number of carbonyl (C=O) groups is 1. The van der Waals surface area contributed by atoms with E-state index in [1.165, 1.54) is 4.70 Å². The molecular weight excluding hydrogens is 304 g/mol. The van der Waals surface area contributed by atoms with Crippen molar-refractivity contribution >= 4 is 39.2 Å². The minimum Gasteiger partial charge on any atom is -0.393 e. The second-order valence-corrected chi connectivity index (χ2v) is 7.12. The van der Waals surface area contributed by atoms with Crippen molar-refractivity contribution in [2.75, 3.05) is 12.3 Å². The van der Waals surface area contributed by atoms with Crippen LogP contribution in [0.4, 0.5) is 0 Å². The normalized spacial score (nSPS) is 12.5. The molecule has 0 spiro atoms. The lowest BCUT2D eigenvalue weighted by molar-refractivity contribution is -0.120. The quantitative estimate of drug-likeness (QED) is 0.733. The van der Waals surface area contributed by atoms with Gasteiger partial charge in [-0.05, 0) is 25.0 Å². The van der Waals surface area contributed by atoms with Gasteiger partial charge in [0.05, 0.1) is 16.3 Å². The SMILES string of the molecule is CCC(O)CCNC(=O)CCSc1nc2ccccc2s1. The van der Waals surface area contributed by atoms with E-state index in [-0.39, 0.29) is 12.0 Å². The highest BCUT2D eigenvalue weighted by atomic mass is 32.2. The third-order valence-electron chi connectivity index (χ3n) is 3.10. The van der Waals surface area contributed by atoms with Crippen molar-refractivity contribution in [3.63, 3.8) is 0 Å². The van der Waals surface area contributed by atoms with E-state index in [1.807, 2.05) is 25.1 Å². The fourth-order valence-electron chi connectivity index (χ4n) is 1.81. The Labute approximate surface area is 133 Å². The van der Waals surface area contributed by atoms with Gasteiger partial charge in [-0.15, -0.1) is 11.3 Å². The first-order valence-corrected chi connectivity index (χ1v) is 8.92. The fraction of sp³-hybridized carbons (Fsp3) is 0.467. The number of hydrogen-bond donors (Lipinski definition) is 2. The molecule has 0 bridgehead atoms. The van der Waals surface area contributed by atoms with Crippen LogP contribution < -0.4 is 5.32 Å². The molecule has 2 N–H and O–H groups in total. The number of para-hydroxylation sites is 1. The predicted octanol–water partition coefficient (Wildman–Crippen LogP) is 3.06. The number of aromatic nitrogens is 1. The molecule has 4 nitrogen and oxygen atoms in total. The Morgan fingerprint density at radius 1 is 1.48 bits per heavy atom. The van der Waals surface area contributed by atoms with Crippen LogP contribution in [0, 0.1) is 0 Å². The van der Waals surface area contributed by atoms with Crippen LogP contribution in [-0.4, -0.2) is 34.4 Å². The highest BCUT2D eigenvalue weighted by Gasteiger charge is 2.07. The Hall–Kier alpha value is -1.11. The van der Waals surface area contributed by atoms with Crippen molar-refractivity contribution in [3.05, 3.63) is 24.3 Å². The third-order valence-corrected chi connectivity index (χ3v) is 5.28. The van der Waals surface area contributed by atoms with Crippen molar-refractivity contribution in [3.8, 4) is 0 Å². The van der Waals surface area contributed by atoms with Gasteiger partial charge in [-0.2, -0.15) is 0 Å². The summed E-state index contributed by atoms with van der Waals surface area (Å²) in [6.07, 6.45) is 1.50. The van der Waals surface area contributed by atoms with Crippen LogP contribution in [0.2, 0.25) is 0 Å². The molecule has 0 saturated heterocycles. The van der Waals surface area contributed by atoms with Gasteiger partial charge >= 0.3 is 0 Å². The maximum atomic E-state index is 11.7. The van der Waals surface area contributed by atoms with E-state index in [1.54, 1.807) is 23.1 Å². The zero-order chi connectivity index (χ0) is 15.1. The number of benzene rings is 1. The molecule has 0 aliphatic rings. The zero-order valence-electron chi connectivity index (χ0n) is 12.0. The molecule has 1 unspecified atom stereocenters. The minimum atomic E-state index is -0.317. The molecule has 114 valence electrons. The molecule has 2 aromatic rings. The zero-order valence-corrected chi connectivity index (χ0v) is 13.7. The van der Waals surface area contributed by atoms with Crippen LogP contribution in [-0.2, 0) is 4.79 Å².